The second-order valence-corrected chi connectivity index (χ2v) is 5.95. The maximum Gasteiger partial charge on any atom is 0.306 e. The number of aliphatic imine (C=N–C) groups is 1. The normalized spacial score (nSPS) is 19.7. The summed E-state index contributed by atoms with van der Waals surface area (Å²) in [7, 11) is 0. The minimum absolute atomic E-state index is 0. The van der Waals surface area contributed by atoms with Crippen LogP contribution >= 0.6 is 24.0 Å². The lowest BCUT2D eigenvalue weighted by atomic mass is 9.86. The molecule has 0 atom stereocenters. The van der Waals surface area contributed by atoms with Crippen molar-refractivity contribution in [1.29, 1.82) is 0 Å². The molecule has 3 N–H and O–H groups in total. The van der Waals surface area contributed by atoms with Crippen molar-refractivity contribution in [3.8, 4) is 0 Å². The molecule has 21 heavy (non-hydrogen) atoms. The Balaban J connectivity index is 0.00000220. The topological polar surface area (TPSA) is 76.7 Å². The second kappa shape index (κ2) is 10.2. The molecule has 2 fully saturated rings. The number of carbonyl (C=O) groups is 1. The Bertz CT molecular complexity index is 340. The highest BCUT2D eigenvalue weighted by Gasteiger charge is 2.19. The zero-order valence-corrected chi connectivity index (χ0v) is 15.0. The zero-order valence-electron chi connectivity index (χ0n) is 12.7. The van der Waals surface area contributed by atoms with Crippen LogP contribution in [0, 0.1) is 5.92 Å². The Hall–Kier alpha value is -0.530. The van der Waals surface area contributed by atoms with Crippen LogP contribution in [0.2, 0.25) is 0 Å². The lowest BCUT2D eigenvalue weighted by Crippen LogP contribution is -2.33. The quantitative estimate of drug-likeness (QED) is 0.223. The van der Waals surface area contributed by atoms with E-state index in [0.29, 0.717) is 18.9 Å². The highest BCUT2D eigenvalue weighted by atomic mass is 127. The van der Waals surface area contributed by atoms with Gasteiger partial charge in [0.05, 0.1) is 0 Å². The first-order valence-electron chi connectivity index (χ1n) is 7.97. The van der Waals surface area contributed by atoms with Crippen molar-refractivity contribution in [3.63, 3.8) is 0 Å². The number of rotatable bonds is 7. The van der Waals surface area contributed by atoms with E-state index in [9.17, 15) is 4.79 Å². The van der Waals surface area contributed by atoms with Crippen molar-refractivity contribution in [2.45, 2.75) is 63.9 Å². The van der Waals surface area contributed by atoms with Crippen molar-refractivity contribution in [2.24, 2.45) is 16.6 Å². The van der Waals surface area contributed by atoms with Crippen molar-refractivity contribution in [1.82, 2.24) is 5.32 Å². The summed E-state index contributed by atoms with van der Waals surface area (Å²) < 4.78 is 5.39. The van der Waals surface area contributed by atoms with Gasteiger partial charge in [-0.3, -0.25) is 9.79 Å². The van der Waals surface area contributed by atoms with Gasteiger partial charge in [0.2, 0.25) is 0 Å². The van der Waals surface area contributed by atoms with Crippen LogP contribution in [0.3, 0.4) is 0 Å². The summed E-state index contributed by atoms with van der Waals surface area (Å²) in [5.41, 5.74) is 5.77. The zero-order chi connectivity index (χ0) is 14.2. The van der Waals surface area contributed by atoms with Gasteiger partial charge in [-0.2, -0.15) is 0 Å². The van der Waals surface area contributed by atoms with Gasteiger partial charge in [-0.1, -0.05) is 6.42 Å². The van der Waals surface area contributed by atoms with E-state index in [1.54, 1.807) is 0 Å². The Kier molecular flexibility index (Phi) is 9.03. The SMILES string of the molecule is I.NC(=NCC1CCC1)NCCCC(=O)OC1CCCC1. The van der Waals surface area contributed by atoms with E-state index in [4.69, 9.17) is 10.5 Å². The standard InChI is InChI=1S/C15H27N3O2.HI/c16-15(18-11-12-5-3-6-12)17-10-4-9-14(19)20-13-7-1-2-8-13;/h12-13H,1-11H2,(H3,16,17,18);1H. The van der Waals surface area contributed by atoms with Crippen molar-refractivity contribution >= 4 is 35.9 Å². The Labute approximate surface area is 144 Å². The molecule has 0 aromatic rings. The maximum absolute atomic E-state index is 11.6. The molecule has 0 unspecified atom stereocenters. The molecule has 122 valence electrons. The number of nitrogens with zero attached hydrogens (tertiary/aromatic N) is 1. The Morgan fingerprint density at radius 1 is 1.19 bits per heavy atom. The molecule has 2 saturated carbocycles. The van der Waals surface area contributed by atoms with Crippen molar-refractivity contribution in [2.75, 3.05) is 13.1 Å². The molecule has 0 heterocycles. The van der Waals surface area contributed by atoms with E-state index < -0.39 is 0 Å². The van der Waals surface area contributed by atoms with Gasteiger partial charge in [0.25, 0.3) is 0 Å². The molecule has 5 nitrogen and oxygen atoms in total. The molecule has 0 aliphatic heterocycles. The van der Waals surface area contributed by atoms with Crippen LogP contribution in [0.5, 0.6) is 0 Å². The minimum atomic E-state index is -0.0799. The van der Waals surface area contributed by atoms with Gasteiger partial charge in [-0.15, -0.1) is 24.0 Å². The summed E-state index contributed by atoms with van der Waals surface area (Å²) >= 11 is 0. The molecule has 0 bridgehead atoms. The van der Waals surface area contributed by atoms with Crippen molar-refractivity contribution in [3.05, 3.63) is 0 Å². The number of ether oxygens (including phenoxy) is 1. The highest BCUT2D eigenvalue weighted by molar-refractivity contribution is 14.0. The fourth-order valence-electron chi connectivity index (χ4n) is 2.66. The molecule has 0 aromatic heterocycles. The fraction of sp³-hybridized carbons (Fsp3) is 0.867. The van der Waals surface area contributed by atoms with Crippen molar-refractivity contribution < 1.29 is 9.53 Å². The molecular weight excluding hydrogens is 381 g/mol. The van der Waals surface area contributed by atoms with Gasteiger partial charge < -0.3 is 15.8 Å². The number of esters is 1. The smallest absolute Gasteiger partial charge is 0.306 e. The molecule has 0 aromatic carbocycles. The minimum Gasteiger partial charge on any atom is -0.462 e. The number of guanidine groups is 1. The summed E-state index contributed by atoms with van der Waals surface area (Å²) in [6, 6.07) is 0. The monoisotopic (exact) mass is 409 g/mol. The summed E-state index contributed by atoms with van der Waals surface area (Å²) in [5, 5.41) is 3.06. The van der Waals surface area contributed by atoms with Gasteiger partial charge in [0, 0.05) is 19.5 Å². The lowest BCUT2D eigenvalue weighted by molar-refractivity contribution is -0.148. The first-order chi connectivity index (χ1) is 9.74. The Morgan fingerprint density at radius 2 is 1.90 bits per heavy atom. The molecule has 2 rings (SSSR count). The fourth-order valence-corrected chi connectivity index (χ4v) is 2.66. The van der Waals surface area contributed by atoms with Gasteiger partial charge in [-0.05, 0) is 50.9 Å². The van der Waals surface area contributed by atoms with E-state index in [1.807, 2.05) is 0 Å². The highest BCUT2D eigenvalue weighted by Crippen LogP contribution is 2.26. The summed E-state index contributed by atoms with van der Waals surface area (Å²) in [5.74, 6) is 1.15. The third-order valence-corrected chi connectivity index (χ3v) is 4.21. The average Bonchev–Trinajstić information content (AvgIpc) is 2.85. The van der Waals surface area contributed by atoms with E-state index in [-0.39, 0.29) is 36.0 Å². The number of hydrogen-bond acceptors (Lipinski definition) is 3. The molecule has 0 spiro atoms. The number of nitrogens with one attached hydrogen (secondary N) is 1. The lowest BCUT2D eigenvalue weighted by Gasteiger charge is -2.23. The van der Waals surface area contributed by atoms with E-state index in [0.717, 1.165) is 31.7 Å². The molecule has 0 amide bonds. The first kappa shape index (κ1) is 18.5. The third kappa shape index (κ3) is 7.33. The Morgan fingerprint density at radius 3 is 2.52 bits per heavy atom. The summed E-state index contributed by atoms with van der Waals surface area (Å²) in [6.45, 7) is 1.52. The van der Waals surface area contributed by atoms with Gasteiger partial charge >= 0.3 is 5.97 Å². The number of carbonyl (C=O) groups excluding carboxylic acids is 1. The molecule has 2 aliphatic rings. The van der Waals surface area contributed by atoms with Crippen LogP contribution in [-0.2, 0) is 9.53 Å². The summed E-state index contributed by atoms with van der Waals surface area (Å²) in [4.78, 5) is 15.9. The third-order valence-electron chi connectivity index (χ3n) is 4.21. The van der Waals surface area contributed by atoms with E-state index in [1.165, 1.54) is 32.1 Å². The van der Waals surface area contributed by atoms with Crippen LogP contribution in [-0.4, -0.2) is 31.1 Å². The number of hydrogen-bond donors (Lipinski definition) is 2. The molecule has 0 radical (unpaired) electrons. The van der Waals surface area contributed by atoms with E-state index >= 15 is 0 Å². The molecule has 2 aliphatic carbocycles. The van der Waals surface area contributed by atoms with Crippen LogP contribution in [0.4, 0.5) is 0 Å². The van der Waals surface area contributed by atoms with Crippen LogP contribution < -0.4 is 11.1 Å². The molecular formula is C15H28IN3O2. The first-order valence-corrected chi connectivity index (χ1v) is 7.97. The predicted molar refractivity (Wildman–Crippen MR) is 94.8 cm³/mol. The van der Waals surface area contributed by atoms with Crippen LogP contribution in [0.15, 0.2) is 4.99 Å². The average molecular weight is 409 g/mol. The predicted octanol–water partition coefficient (Wildman–Crippen LogP) is 2.57. The van der Waals surface area contributed by atoms with E-state index in [2.05, 4.69) is 10.3 Å². The molecule has 0 saturated heterocycles. The van der Waals surface area contributed by atoms with Crippen LogP contribution in [0.1, 0.15) is 57.8 Å². The summed E-state index contributed by atoms with van der Waals surface area (Å²) in [6.07, 6.45) is 9.70. The van der Waals surface area contributed by atoms with Gasteiger partial charge in [0.1, 0.15) is 6.10 Å². The second-order valence-electron chi connectivity index (χ2n) is 5.95. The van der Waals surface area contributed by atoms with Gasteiger partial charge in [-0.25, -0.2) is 0 Å². The maximum atomic E-state index is 11.6. The largest absolute Gasteiger partial charge is 0.462 e. The van der Waals surface area contributed by atoms with Gasteiger partial charge in [0.15, 0.2) is 5.96 Å². The number of halogens is 1. The number of nitrogens with two attached hydrogens (primary N) is 1. The molecule has 6 heteroatoms. The van der Waals surface area contributed by atoms with Crippen LogP contribution in [0.25, 0.3) is 0 Å².